The predicted molar refractivity (Wildman–Crippen MR) is 115 cm³/mol. The molecule has 0 unspecified atom stereocenters. The fraction of sp³-hybridized carbons (Fsp3) is 0.435. The highest BCUT2D eigenvalue weighted by Gasteiger charge is 2.22. The smallest absolute Gasteiger partial charge is 0.151 e. The maximum absolute atomic E-state index is 4.62. The maximum Gasteiger partial charge on any atom is 0.151 e. The second-order valence-corrected chi connectivity index (χ2v) is 7.95. The van der Waals surface area contributed by atoms with E-state index in [0.29, 0.717) is 12.5 Å². The number of hydrogen-bond acceptors (Lipinski definition) is 5. The van der Waals surface area contributed by atoms with Crippen molar-refractivity contribution in [1.29, 1.82) is 0 Å². The highest BCUT2D eigenvalue weighted by atomic mass is 15.3. The van der Waals surface area contributed by atoms with Crippen LogP contribution in [-0.2, 0) is 13.0 Å². The molecule has 0 radical (unpaired) electrons. The lowest BCUT2D eigenvalue weighted by Crippen LogP contribution is -2.29. The molecule has 6 nitrogen and oxygen atoms in total. The second kappa shape index (κ2) is 9.29. The molecular formula is C23H30N6. The number of pyridine rings is 1. The molecule has 1 aliphatic heterocycles. The van der Waals surface area contributed by atoms with Crippen molar-refractivity contribution in [2.24, 2.45) is 5.92 Å². The van der Waals surface area contributed by atoms with E-state index in [2.05, 4.69) is 80.3 Å². The minimum atomic E-state index is 0.199. The van der Waals surface area contributed by atoms with Gasteiger partial charge < -0.3 is 5.32 Å². The van der Waals surface area contributed by atoms with Crippen LogP contribution in [0.4, 0.5) is 0 Å². The Balaban J connectivity index is 1.59. The third kappa shape index (κ3) is 4.71. The first-order valence-corrected chi connectivity index (χ1v) is 10.5. The van der Waals surface area contributed by atoms with Crippen LogP contribution in [-0.4, -0.2) is 44.8 Å². The number of nitrogens with zero attached hydrogens (tertiary/aromatic N) is 5. The van der Waals surface area contributed by atoms with Crippen LogP contribution < -0.4 is 5.32 Å². The van der Waals surface area contributed by atoms with E-state index >= 15 is 0 Å². The first kappa shape index (κ1) is 19.7. The van der Waals surface area contributed by atoms with Crippen molar-refractivity contribution in [3.05, 3.63) is 72.1 Å². The number of para-hydroxylation sites is 1. The Labute approximate surface area is 173 Å². The largest absolute Gasteiger partial charge is 0.317 e. The lowest BCUT2D eigenvalue weighted by atomic mass is 9.94. The van der Waals surface area contributed by atoms with Crippen LogP contribution in [0.15, 0.2) is 54.7 Å². The summed E-state index contributed by atoms with van der Waals surface area (Å²) >= 11 is 0. The van der Waals surface area contributed by atoms with E-state index in [9.17, 15) is 0 Å². The fourth-order valence-electron chi connectivity index (χ4n) is 4.02. The summed E-state index contributed by atoms with van der Waals surface area (Å²) in [5.41, 5.74) is 2.20. The molecule has 3 heterocycles. The van der Waals surface area contributed by atoms with Crippen molar-refractivity contribution < 1.29 is 0 Å². The van der Waals surface area contributed by atoms with Gasteiger partial charge >= 0.3 is 0 Å². The molecule has 1 fully saturated rings. The normalized spacial score (nSPS) is 16.2. The van der Waals surface area contributed by atoms with Crippen molar-refractivity contribution in [2.45, 2.75) is 38.8 Å². The molecule has 4 rings (SSSR count). The molecule has 0 saturated carbocycles. The van der Waals surface area contributed by atoms with Gasteiger partial charge in [-0.2, -0.15) is 0 Å². The monoisotopic (exact) mass is 390 g/mol. The lowest BCUT2D eigenvalue weighted by Gasteiger charge is -2.25. The minimum Gasteiger partial charge on any atom is -0.317 e. The Kier molecular flexibility index (Phi) is 6.32. The summed E-state index contributed by atoms with van der Waals surface area (Å²) in [5, 5.41) is 12.7. The Morgan fingerprint density at radius 2 is 1.76 bits per heavy atom. The number of aromatic nitrogens is 4. The fourth-order valence-corrected chi connectivity index (χ4v) is 4.02. The average molecular weight is 391 g/mol. The van der Waals surface area contributed by atoms with Crippen molar-refractivity contribution >= 4 is 0 Å². The van der Waals surface area contributed by atoms with Gasteiger partial charge in [-0.25, -0.2) is 0 Å². The molecule has 2 aromatic heterocycles. The summed E-state index contributed by atoms with van der Waals surface area (Å²) in [7, 11) is 2.12. The van der Waals surface area contributed by atoms with Crippen LogP contribution >= 0.6 is 0 Å². The zero-order valence-corrected chi connectivity index (χ0v) is 17.3. The summed E-state index contributed by atoms with van der Waals surface area (Å²) in [5.74, 6) is 2.71. The first-order chi connectivity index (χ1) is 14.2. The Bertz CT molecular complexity index is 886. The third-order valence-electron chi connectivity index (χ3n) is 5.91. The van der Waals surface area contributed by atoms with Gasteiger partial charge in [-0.15, -0.1) is 10.2 Å². The van der Waals surface area contributed by atoms with E-state index < -0.39 is 0 Å². The first-order valence-electron chi connectivity index (χ1n) is 10.5. The van der Waals surface area contributed by atoms with E-state index in [1.54, 1.807) is 0 Å². The summed E-state index contributed by atoms with van der Waals surface area (Å²) in [6, 6.07) is 16.8. The van der Waals surface area contributed by atoms with Crippen LogP contribution in [0.2, 0.25) is 0 Å². The molecule has 152 valence electrons. The lowest BCUT2D eigenvalue weighted by molar-refractivity contribution is 0.241. The number of hydrogen-bond donors (Lipinski definition) is 1. The Morgan fingerprint density at radius 1 is 1.03 bits per heavy atom. The van der Waals surface area contributed by atoms with Gasteiger partial charge in [-0.3, -0.25) is 14.5 Å². The Hall–Kier alpha value is -2.57. The summed E-state index contributed by atoms with van der Waals surface area (Å²) in [6.07, 6.45) is 5.23. The molecule has 29 heavy (non-hydrogen) atoms. The highest BCUT2D eigenvalue weighted by molar-refractivity contribution is 5.34. The van der Waals surface area contributed by atoms with Crippen LogP contribution in [0.1, 0.15) is 43.1 Å². The zero-order valence-electron chi connectivity index (χ0n) is 17.3. The number of rotatable bonds is 7. The Morgan fingerprint density at radius 3 is 2.48 bits per heavy atom. The molecule has 0 aliphatic carbocycles. The van der Waals surface area contributed by atoms with Gasteiger partial charge in [0.05, 0.1) is 12.2 Å². The van der Waals surface area contributed by atoms with E-state index in [-0.39, 0.29) is 6.04 Å². The second-order valence-electron chi connectivity index (χ2n) is 7.95. The quantitative estimate of drug-likeness (QED) is 0.670. The predicted octanol–water partition coefficient (Wildman–Crippen LogP) is 3.40. The van der Waals surface area contributed by atoms with Gasteiger partial charge in [-0.1, -0.05) is 24.3 Å². The van der Waals surface area contributed by atoms with Gasteiger partial charge in [0, 0.05) is 24.3 Å². The molecular weight excluding hydrogens is 360 g/mol. The molecule has 0 spiro atoms. The zero-order chi connectivity index (χ0) is 20.1. The van der Waals surface area contributed by atoms with Gasteiger partial charge in [0.25, 0.3) is 0 Å². The molecule has 0 bridgehead atoms. The molecule has 1 atom stereocenters. The maximum atomic E-state index is 4.62. The van der Waals surface area contributed by atoms with E-state index in [4.69, 9.17) is 0 Å². The molecule has 1 aliphatic rings. The van der Waals surface area contributed by atoms with Gasteiger partial charge in [0.2, 0.25) is 0 Å². The van der Waals surface area contributed by atoms with E-state index in [0.717, 1.165) is 42.5 Å². The van der Waals surface area contributed by atoms with Crippen molar-refractivity contribution in [1.82, 2.24) is 30.0 Å². The highest BCUT2D eigenvalue weighted by Crippen LogP contribution is 2.23. The number of benzene rings is 1. The summed E-state index contributed by atoms with van der Waals surface area (Å²) < 4.78 is 2.25. The minimum absolute atomic E-state index is 0.199. The van der Waals surface area contributed by atoms with Gasteiger partial charge in [0.1, 0.15) is 5.82 Å². The standard InChI is InChI=1S/C23H30N6/c1-18(21-10-6-7-13-25-21)28(2)17-23-27-26-22(16-19-11-14-24-15-12-19)29(23)20-8-4-3-5-9-20/h3-10,13,18-19,24H,11-12,14-17H2,1-2H3/t18-/m0/s1. The van der Waals surface area contributed by atoms with Crippen LogP contribution in [0.5, 0.6) is 0 Å². The van der Waals surface area contributed by atoms with E-state index in [1.165, 1.54) is 12.8 Å². The molecule has 0 amide bonds. The third-order valence-corrected chi connectivity index (χ3v) is 5.91. The van der Waals surface area contributed by atoms with Crippen LogP contribution in [0.25, 0.3) is 5.69 Å². The van der Waals surface area contributed by atoms with Gasteiger partial charge in [-0.05, 0) is 70.1 Å². The van der Waals surface area contributed by atoms with Crippen molar-refractivity contribution in [3.63, 3.8) is 0 Å². The molecule has 1 N–H and O–H groups in total. The topological polar surface area (TPSA) is 58.9 Å². The number of piperidine rings is 1. The average Bonchev–Trinajstić information content (AvgIpc) is 3.17. The molecule has 1 aromatic carbocycles. The van der Waals surface area contributed by atoms with Crippen LogP contribution in [0, 0.1) is 5.92 Å². The van der Waals surface area contributed by atoms with Crippen molar-refractivity contribution in [2.75, 3.05) is 20.1 Å². The summed E-state index contributed by atoms with van der Waals surface area (Å²) in [6.45, 7) is 5.09. The SMILES string of the molecule is C[C@@H](c1ccccn1)N(C)Cc1nnc(CC2CCNCC2)n1-c1ccccc1. The molecule has 3 aromatic rings. The van der Waals surface area contributed by atoms with Gasteiger partial charge in [0.15, 0.2) is 5.82 Å². The molecule has 6 heteroatoms. The van der Waals surface area contributed by atoms with Crippen molar-refractivity contribution in [3.8, 4) is 5.69 Å². The molecule has 1 saturated heterocycles. The number of nitrogens with one attached hydrogen (secondary N) is 1. The van der Waals surface area contributed by atoms with E-state index in [1.807, 2.05) is 18.3 Å². The summed E-state index contributed by atoms with van der Waals surface area (Å²) in [4.78, 5) is 6.79. The van der Waals surface area contributed by atoms with Crippen LogP contribution in [0.3, 0.4) is 0 Å².